The minimum atomic E-state index is 0.0328. The number of rotatable bonds is 9. The molecule has 2 heteroatoms. The normalized spacial score (nSPS) is 39.0. The van der Waals surface area contributed by atoms with E-state index in [1.165, 1.54) is 56.9 Å². The maximum Gasteiger partial charge on any atom is 0.306 e. The minimum Gasteiger partial charge on any atom is -0.462 e. The van der Waals surface area contributed by atoms with Gasteiger partial charge < -0.3 is 4.74 Å². The van der Waals surface area contributed by atoms with Crippen LogP contribution in [0.4, 0.5) is 0 Å². The zero-order valence-corrected chi connectivity index (χ0v) is 23.8. The Bertz CT molecular complexity index is 804. The Kier molecular flexibility index (Phi) is 8.59. The van der Waals surface area contributed by atoms with Gasteiger partial charge in [-0.1, -0.05) is 63.8 Å². The monoisotopic (exact) mass is 482 g/mol. The molecular formula is C33H54O2. The van der Waals surface area contributed by atoms with Crippen LogP contribution in [-0.2, 0) is 9.53 Å². The van der Waals surface area contributed by atoms with Crippen molar-refractivity contribution >= 4 is 5.97 Å². The lowest BCUT2D eigenvalue weighted by Gasteiger charge is -2.58. The van der Waals surface area contributed by atoms with E-state index in [9.17, 15) is 4.79 Å². The molecule has 3 saturated carbocycles. The van der Waals surface area contributed by atoms with Crippen LogP contribution in [0.1, 0.15) is 131 Å². The predicted octanol–water partition coefficient (Wildman–Crippen LogP) is 9.44. The molecule has 3 fully saturated rings. The number of ether oxygens (including phenoxy) is 1. The van der Waals surface area contributed by atoms with E-state index in [4.69, 9.17) is 4.74 Å². The van der Waals surface area contributed by atoms with Gasteiger partial charge in [-0.05, 0) is 118 Å². The molecule has 0 radical (unpaired) electrons. The largest absolute Gasteiger partial charge is 0.462 e. The molecule has 0 saturated heterocycles. The lowest BCUT2D eigenvalue weighted by atomic mass is 9.47. The molecule has 0 aromatic rings. The molecule has 0 unspecified atom stereocenters. The third-order valence-corrected chi connectivity index (χ3v) is 11.3. The lowest BCUT2D eigenvalue weighted by molar-refractivity contribution is -0.151. The summed E-state index contributed by atoms with van der Waals surface area (Å²) in [5.74, 6) is 4.38. The van der Waals surface area contributed by atoms with Crippen LogP contribution >= 0.6 is 0 Å². The first-order chi connectivity index (χ1) is 16.7. The van der Waals surface area contributed by atoms with Gasteiger partial charge in [0, 0.05) is 12.8 Å². The van der Waals surface area contributed by atoms with E-state index < -0.39 is 0 Å². The summed E-state index contributed by atoms with van der Waals surface area (Å²) in [4.78, 5) is 12.4. The second kappa shape index (κ2) is 11.1. The topological polar surface area (TPSA) is 26.3 Å². The lowest BCUT2D eigenvalue weighted by Crippen LogP contribution is -2.51. The maximum absolute atomic E-state index is 12.4. The van der Waals surface area contributed by atoms with Gasteiger partial charge in [0.1, 0.15) is 6.10 Å². The summed E-state index contributed by atoms with van der Waals surface area (Å²) in [5.41, 5.74) is 3.97. The molecule has 0 spiro atoms. The summed E-state index contributed by atoms with van der Waals surface area (Å²) >= 11 is 0. The van der Waals surface area contributed by atoms with Crippen molar-refractivity contribution in [1.29, 1.82) is 0 Å². The Labute approximate surface area is 216 Å². The molecule has 198 valence electrons. The van der Waals surface area contributed by atoms with Crippen molar-refractivity contribution in [2.24, 2.45) is 40.4 Å². The molecular weight excluding hydrogens is 428 g/mol. The van der Waals surface area contributed by atoms with Gasteiger partial charge in [-0.15, -0.1) is 0 Å². The molecule has 0 aliphatic heterocycles. The van der Waals surface area contributed by atoms with Crippen LogP contribution in [-0.4, -0.2) is 12.1 Å². The molecule has 0 amide bonds. The average molecular weight is 483 g/mol. The predicted molar refractivity (Wildman–Crippen MR) is 147 cm³/mol. The summed E-state index contributed by atoms with van der Waals surface area (Å²) < 4.78 is 5.96. The first-order valence-corrected chi connectivity index (χ1v) is 15.2. The van der Waals surface area contributed by atoms with Crippen LogP contribution in [0.5, 0.6) is 0 Å². The van der Waals surface area contributed by atoms with Crippen LogP contribution < -0.4 is 0 Å². The minimum absolute atomic E-state index is 0.0328. The zero-order valence-electron chi connectivity index (χ0n) is 23.8. The number of unbranched alkanes of at least 4 members (excludes halogenated alkanes) is 2. The van der Waals surface area contributed by atoms with Crippen molar-refractivity contribution < 1.29 is 9.53 Å². The fraction of sp³-hybridized carbons (Fsp3) is 0.848. The number of allylic oxidation sites excluding steroid dienone is 3. The second-order valence-electron chi connectivity index (χ2n) is 13.6. The standard InChI is InChI=1S/C33H54O2/c1-7-8-9-13-31(34)35-26-18-20-32(5)25(22-26)14-15-27-29-17-16-28(24(4)12-10-11-23(2)3)33(29,6)21-19-30(27)32/h11,14,24,26-30H,7-10,12-13,15-22H2,1-6H3/t24-,26+,27+,28-,29+,30+,32+,33-/m1/s1. The number of fused-ring (bicyclic) bond motifs is 5. The van der Waals surface area contributed by atoms with Gasteiger partial charge >= 0.3 is 5.97 Å². The zero-order chi connectivity index (χ0) is 25.2. The number of esters is 1. The van der Waals surface area contributed by atoms with Gasteiger partial charge in [-0.3, -0.25) is 4.79 Å². The number of carbonyl (C=O) groups excluding carboxylic acids is 1. The fourth-order valence-corrected chi connectivity index (χ4v) is 9.30. The van der Waals surface area contributed by atoms with E-state index in [1.54, 1.807) is 5.57 Å². The molecule has 8 atom stereocenters. The number of carbonyl (C=O) groups is 1. The van der Waals surface area contributed by atoms with Crippen LogP contribution in [0, 0.1) is 40.4 Å². The van der Waals surface area contributed by atoms with Gasteiger partial charge in [0.2, 0.25) is 0 Å². The molecule has 4 aliphatic rings. The van der Waals surface area contributed by atoms with Gasteiger partial charge in [-0.25, -0.2) is 0 Å². The van der Waals surface area contributed by atoms with Gasteiger partial charge in [-0.2, -0.15) is 0 Å². The molecule has 0 aromatic carbocycles. The molecule has 0 heterocycles. The van der Waals surface area contributed by atoms with Crippen molar-refractivity contribution in [1.82, 2.24) is 0 Å². The highest BCUT2D eigenvalue weighted by Gasteiger charge is 2.59. The Hall–Kier alpha value is -1.05. The van der Waals surface area contributed by atoms with Crippen LogP contribution in [0.2, 0.25) is 0 Å². The van der Waals surface area contributed by atoms with Crippen molar-refractivity contribution in [2.75, 3.05) is 0 Å². The van der Waals surface area contributed by atoms with Gasteiger partial charge in [0.15, 0.2) is 0 Å². The molecule has 0 aromatic heterocycles. The summed E-state index contributed by atoms with van der Waals surface area (Å²) in [5, 5.41) is 0. The van der Waals surface area contributed by atoms with E-state index in [2.05, 4.69) is 53.7 Å². The highest BCUT2D eigenvalue weighted by atomic mass is 16.5. The van der Waals surface area contributed by atoms with Crippen molar-refractivity contribution in [2.45, 2.75) is 138 Å². The smallest absolute Gasteiger partial charge is 0.306 e. The van der Waals surface area contributed by atoms with Crippen molar-refractivity contribution in [3.63, 3.8) is 0 Å². The molecule has 35 heavy (non-hydrogen) atoms. The Balaban J connectivity index is 1.40. The van der Waals surface area contributed by atoms with E-state index in [0.29, 0.717) is 17.3 Å². The van der Waals surface area contributed by atoms with Crippen molar-refractivity contribution in [3.8, 4) is 0 Å². The van der Waals surface area contributed by atoms with Crippen LogP contribution in [0.3, 0.4) is 0 Å². The first kappa shape index (κ1) is 27.0. The quantitative estimate of drug-likeness (QED) is 0.186. The molecule has 0 N–H and O–H groups in total. The van der Waals surface area contributed by atoms with Crippen LogP contribution in [0.15, 0.2) is 23.3 Å². The second-order valence-corrected chi connectivity index (χ2v) is 13.6. The molecule has 2 nitrogen and oxygen atoms in total. The highest BCUT2D eigenvalue weighted by Crippen LogP contribution is 2.67. The molecule has 0 bridgehead atoms. The first-order valence-electron chi connectivity index (χ1n) is 15.2. The van der Waals surface area contributed by atoms with E-state index in [0.717, 1.165) is 61.7 Å². The Morgan fingerprint density at radius 3 is 2.66 bits per heavy atom. The maximum atomic E-state index is 12.4. The van der Waals surface area contributed by atoms with Gasteiger partial charge in [0.05, 0.1) is 0 Å². The van der Waals surface area contributed by atoms with E-state index in [-0.39, 0.29) is 12.1 Å². The third kappa shape index (κ3) is 5.47. The van der Waals surface area contributed by atoms with Gasteiger partial charge in [0.25, 0.3) is 0 Å². The Morgan fingerprint density at radius 1 is 1.11 bits per heavy atom. The average Bonchev–Trinajstić information content (AvgIpc) is 3.16. The molecule has 4 aliphatic carbocycles. The third-order valence-electron chi connectivity index (χ3n) is 11.3. The summed E-state index contributed by atoms with van der Waals surface area (Å²) in [6.45, 7) is 14.5. The Morgan fingerprint density at radius 2 is 1.91 bits per heavy atom. The highest BCUT2D eigenvalue weighted by molar-refractivity contribution is 5.69. The van der Waals surface area contributed by atoms with E-state index in [1.807, 2.05) is 0 Å². The molecule has 4 rings (SSSR count). The SMILES string of the molecule is CCCCCC(=O)O[C@H]1CC[C@@]2(C)C(=CC[C@H]3[C@@H]4CC[C@H]([C@H](C)CCC=C(C)C)[C@@]4(C)CC[C@@H]32)C1. The van der Waals surface area contributed by atoms with Crippen molar-refractivity contribution in [3.05, 3.63) is 23.3 Å². The summed E-state index contributed by atoms with van der Waals surface area (Å²) in [6.07, 6.45) is 21.9. The fourth-order valence-electron chi connectivity index (χ4n) is 9.30. The number of hydrogen-bond donors (Lipinski definition) is 0. The van der Waals surface area contributed by atoms with E-state index >= 15 is 0 Å². The van der Waals surface area contributed by atoms with Crippen LogP contribution in [0.25, 0.3) is 0 Å². The summed E-state index contributed by atoms with van der Waals surface area (Å²) in [7, 11) is 0. The summed E-state index contributed by atoms with van der Waals surface area (Å²) in [6, 6.07) is 0. The number of hydrogen-bond acceptors (Lipinski definition) is 2.